The highest BCUT2D eigenvalue weighted by Gasteiger charge is 2.30. The highest BCUT2D eigenvalue weighted by Crippen LogP contribution is 2.24. The van der Waals surface area contributed by atoms with Crippen molar-refractivity contribution in [2.24, 2.45) is 5.92 Å². The standard InChI is InChI=1S/C22H28FN3O4S/c1-15(2)21(25-31(28,29)20-7-5-4-6-18(20)23)22(27)24-19-9-8-17(14-16(19)3)26-10-12-30-13-11-26/h4-9,14-15,21,25H,10-13H2,1-3H3,(H,24,27)/t21-/m0/s1. The van der Waals surface area contributed by atoms with Gasteiger partial charge in [-0.2, -0.15) is 4.72 Å². The average molecular weight is 450 g/mol. The zero-order valence-corrected chi connectivity index (χ0v) is 18.7. The smallest absolute Gasteiger partial charge is 0.244 e. The molecule has 0 radical (unpaired) electrons. The maximum atomic E-state index is 14.0. The van der Waals surface area contributed by atoms with Crippen LogP contribution < -0.4 is 14.9 Å². The van der Waals surface area contributed by atoms with E-state index >= 15 is 0 Å². The van der Waals surface area contributed by atoms with Crippen LogP contribution in [0.1, 0.15) is 19.4 Å². The highest BCUT2D eigenvalue weighted by atomic mass is 32.2. The van der Waals surface area contributed by atoms with E-state index in [1.54, 1.807) is 19.9 Å². The third-order valence-corrected chi connectivity index (χ3v) is 6.68. The van der Waals surface area contributed by atoms with Crippen molar-refractivity contribution in [3.8, 4) is 0 Å². The summed E-state index contributed by atoms with van der Waals surface area (Å²) < 4.78 is 47.1. The van der Waals surface area contributed by atoms with Gasteiger partial charge in [-0.25, -0.2) is 12.8 Å². The summed E-state index contributed by atoms with van der Waals surface area (Å²) in [6.07, 6.45) is 0. The molecule has 1 atom stereocenters. The molecule has 1 aliphatic heterocycles. The number of rotatable bonds is 7. The molecule has 0 saturated carbocycles. The summed E-state index contributed by atoms with van der Waals surface area (Å²) in [5.74, 6) is -1.72. The number of nitrogens with one attached hydrogen (secondary N) is 2. The van der Waals surface area contributed by atoms with Gasteiger partial charge in [-0.1, -0.05) is 26.0 Å². The summed E-state index contributed by atoms with van der Waals surface area (Å²) in [4.78, 5) is 14.7. The quantitative estimate of drug-likeness (QED) is 0.679. The van der Waals surface area contributed by atoms with Gasteiger partial charge in [0, 0.05) is 24.5 Å². The molecule has 1 aliphatic rings. The predicted octanol–water partition coefficient (Wildman–Crippen LogP) is 2.91. The zero-order valence-electron chi connectivity index (χ0n) is 17.9. The molecule has 0 aromatic heterocycles. The third-order valence-electron chi connectivity index (χ3n) is 5.20. The number of carbonyl (C=O) groups is 1. The van der Waals surface area contributed by atoms with E-state index in [0.717, 1.165) is 30.4 Å². The third kappa shape index (κ3) is 5.61. The summed E-state index contributed by atoms with van der Waals surface area (Å²) in [5, 5.41) is 2.81. The summed E-state index contributed by atoms with van der Waals surface area (Å²) >= 11 is 0. The van der Waals surface area contributed by atoms with Gasteiger partial charge in [-0.15, -0.1) is 0 Å². The van der Waals surface area contributed by atoms with Crippen molar-refractivity contribution in [2.45, 2.75) is 31.7 Å². The summed E-state index contributed by atoms with van der Waals surface area (Å²) in [7, 11) is -4.21. The number of anilines is 2. The second-order valence-electron chi connectivity index (χ2n) is 7.86. The van der Waals surface area contributed by atoms with Gasteiger partial charge in [0.15, 0.2) is 0 Å². The number of carbonyl (C=O) groups excluding carboxylic acids is 1. The summed E-state index contributed by atoms with van der Waals surface area (Å²) in [5.41, 5.74) is 2.49. The first-order chi connectivity index (χ1) is 14.7. The van der Waals surface area contributed by atoms with E-state index in [4.69, 9.17) is 4.74 Å². The normalized spacial score (nSPS) is 15.7. The number of halogens is 1. The van der Waals surface area contributed by atoms with Gasteiger partial charge in [-0.05, 0) is 48.7 Å². The van der Waals surface area contributed by atoms with Crippen molar-refractivity contribution in [1.82, 2.24) is 4.72 Å². The van der Waals surface area contributed by atoms with Crippen molar-refractivity contribution >= 4 is 27.3 Å². The fourth-order valence-corrected chi connectivity index (χ4v) is 4.83. The fourth-order valence-electron chi connectivity index (χ4n) is 3.40. The Hall–Kier alpha value is -2.49. The number of benzene rings is 2. The number of nitrogens with zero attached hydrogens (tertiary/aromatic N) is 1. The lowest BCUT2D eigenvalue weighted by molar-refractivity contribution is -0.118. The molecular weight excluding hydrogens is 421 g/mol. The second kappa shape index (κ2) is 9.76. The molecule has 0 unspecified atom stereocenters. The molecule has 2 aromatic carbocycles. The Bertz CT molecular complexity index is 1040. The van der Waals surface area contributed by atoms with Crippen LogP contribution in [0.25, 0.3) is 0 Å². The number of hydrogen-bond donors (Lipinski definition) is 2. The maximum absolute atomic E-state index is 14.0. The molecule has 1 saturated heterocycles. The van der Waals surface area contributed by atoms with E-state index in [2.05, 4.69) is 14.9 Å². The Balaban J connectivity index is 1.76. The number of amides is 1. The van der Waals surface area contributed by atoms with E-state index in [0.29, 0.717) is 18.9 Å². The van der Waals surface area contributed by atoms with Crippen LogP contribution in [0.2, 0.25) is 0 Å². The first-order valence-corrected chi connectivity index (χ1v) is 11.7. The lowest BCUT2D eigenvalue weighted by atomic mass is 10.0. The molecule has 7 nitrogen and oxygen atoms in total. The molecule has 3 rings (SSSR count). The van der Waals surface area contributed by atoms with Gasteiger partial charge in [0.05, 0.1) is 13.2 Å². The van der Waals surface area contributed by atoms with Crippen LogP contribution in [-0.4, -0.2) is 46.7 Å². The van der Waals surface area contributed by atoms with Gasteiger partial charge in [0.25, 0.3) is 0 Å². The van der Waals surface area contributed by atoms with Gasteiger partial charge in [0.2, 0.25) is 15.9 Å². The molecule has 0 aliphatic carbocycles. The highest BCUT2D eigenvalue weighted by molar-refractivity contribution is 7.89. The molecule has 31 heavy (non-hydrogen) atoms. The van der Waals surface area contributed by atoms with Crippen LogP contribution in [0.5, 0.6) is 0 Å². The lowest BCUT2D eigenvalue weighted by Crippen LogP contribution is -2.47. The minimum atomic E-state index is -4.21. The van der Waals surface area contributed by atoms with E-state index in [9.17, 15) is 17.6 Å². The SMILES string of the molecule is Cc1cc(N2CCOCC2)ccc1NC(=O)[C@@H](NS(=O)(=O)c1ccccc1F)C(C)C. The summed E-state index contributed by atoms with van der Waals surface area (Å²) in [6, 6.07) is 9.71. The first-order valence-electron chi connectivity index (χ1n) is 10.2. The monoisotopic (exact) mass is 449 g/mol. The Morgan fingerprint density at radius 3 is 2.42 bits per heavy atom. The maximum Gasteiger partial charge on any atom is 0.244 e. The predicted molar refractivity (Wildman–Crippen MR) is 118 cm³/mol. The minimum Gasteiger partial charge on any atom is -0.378 e. The molecule has 2 N–H and O–H groups in total. The first kappa shape index (κ1) is 23.2. The zero-order chi connectivity index (χ0) is 22.6. The fraction of sp³-hybridized carbons (Fsp3) is 0.409. The molecule has 9 heteroatoms. The largest absolute Gasteiger partial charge is 0.378 e. The van der Waals surface area contributed by atoms with E-state index < -0.39 is 32.7 Å². The molecular formula is C22H28FN3O4S. The van der Waals surface area contributed by atoms with Crippen molar-refractivity contribution < 1.29 is 22.3 Å². The number of ether oxygens (including phenoxy) is 1. The number of sulfonamides is 1. The minimum absolute atomic E-state index is 0.352. The molecule has 168 valence electrons. The van der Waals surface area contributed by atoms with Crippen LogP contribution >= 0.6 is 0 Å². The molecule has 1 heterocycles. The second-order valence-corrected chi connectivity index (χ2v) is 9.54. The Kier molecular flexibility index (Phi) is 7.30. The van der Waals surface area contributed by atoms with Crippen LogP contribution in [0.15, 0.2) is 47.4 Å². The molecule has 0 bridgehead atoms. The van der Waals surface area contributed by atoms with Crippen LogP contribution in [0, 0.1) is 18.7 Å². The molecule has 2 aromatic rings. The van der Waals surface area contributed by atoms with Crippen molar-refractivity contribution in [3.05, 3.63) is 53.8 Å². The summed E-state index contributed by atoms with van der Waals surface area (Å²) in [6.45, 7) is 8.29. The van der Waals surface area contributed by atoms with Crippen molar-refractivity contribution in [1.29, 1.82) is 0 Å². The average Bonchev–Trinajstić information content (AvgIpc) is 2.74. The van der Waals surface area contributed by atoms with Crippen molar-refractivity contribution in [3.63, 3.8) is 0 Å². The van der Waals surface area contributed by atoms with Crippen molar-refractivity contribution in [2.75, 3.05) is 36.5 Å². The van der Waals surface area contributed by atoms with Crippen LogP contribution in [0.3, 0.4) is 0 Å². The number of morpholine rings is 1. The molecule has 1 fully saturated rings. The molecule has 1 amide bonds. The van der Waals surface area contributed by atoms with E-state index in [1.165, 1.54) is 18.2 Å². The Labute approximate surface area is 182 Å². The van der Waals surface area contributed by atoms with Gasteiger partial charge in [-0.3, -0.25) is 4.79 Å². The van der Waals surface area contributed by atoms with Crippen LogP contribution in [-0.2, 0) is 19.6 Å². The topological polar surface area (TPSA) is 87.7 Å². The molecule has 0 spiro atoms. The van der Waals surface area contributed by atoms with Gasteiger partial charge >= 0.3 is 0 Å². The number of aryl methyl sites for hydroxylation is 1. The van der Waals surface area contributed by atoms with E-state index in [-0.39, 0.29) is 5.92 Å². The van der Waals surface area contributed by atoms with Gasteiger partial charge in [0.1, 0.15) is 16.8 Å². The van der Waals surface area contributed by atoms with Gasteiger partial charge < -0.3 is 15.0 Å². The number of hydrogen-bond acceptors (Lipinski definition) is 5. The Morgan fingerprint density at radius 2 is 1.81 bits per heavy atom. The lowest BCUT2D eigenvalue weighted by Gasteiger charge is -2.29. The van der Waals surface area contributed by atoms with Crippen LogP contribution in [0.4, 0.5) is 15.8 Å². The van der Waals surface area contributed by atoms with E-state index in [1.807, 2.05) is 19.1 Å². The Morgan fingerprint density at radius 1 is 1.13 bits per heavy atom.